The zero-order chi connectivity index (χ0) is 21.3. The normalized spacial score (nSPS) is 16.3. The molecular weight excluding hydrogens is 378 g/mol. The number of piperazine rings is 1. The Morgan fingerprint density at radius 2 is 1.71 bits per heavy atom. The van der Waals surface area contributed by atoms with Crippen molar-refractivity contribution in [2.75, 3.05) is 31.1 Å². The molecule has 0 aromatic carbocycles. The molecule has 1 aromatic rings. The molecule has 1 aromatic heterocycles. The van der Waals surface area contributed by atoms with Crippen LogP contribution in [0.1, 0.15) is 27.7 Å². The van der Waals surface area contributed by atoms with Crippen LogP contribution in [-0.2, 0) is 9.45 Å². The fraction of sp³-hybridized carbons (Fsp3) is 0.647. The molecule has 1 aliphatic heterocycles. The first-order valence-corrected chi connectivity index (χ1v) is 8.87. The predicted molar refractivity (Wildman–Crippen MR) is 98.2 cm³/mol. The number of carbonyl (C=O) groups excluding carboxylic acids is 1. The van der Waals surface area contributed by atoms with Gasteiger partial charge < -0.3 is 24.6 Å². The maximum Gasteiger partial charge on any atom is 0.493 e. The first-order chi connectivity index (χ1) is 12.7. The lowest BCUT2D eigenvalue weighted by molar-refractivity contribution is -0.185. The van der Waals surface area contributed by atoms with Crippen molar-refractivity contribution in [3.05, 3.63) is 18.3 Å². The minimum absolute atomic E-state index is 0.0483. The molecule has 0 unspecified atom stereocenters. The van der Waals surface area contributed by atoms with E-state index in [2.05, 4.69) is 4.98 Å². The van der Waals surface area contributed by atoms with E-state index in [1.165, 1.54) is 6.20 Å². The lowest BCUT2D eigenvalue weighted by Gasteiger charge is -2.38. The summed E-state index contributed by atoms with van der Waals surface area (Å²) < 4.78 is 43.0. The van der Waals surface area contributed by atoms with Crippen molar-refractivity contribution in [2.24, 2.45) is 0 Å². The maximum atomic E-state index is 12.5. The van der Waals surface area contributed by atoms with Crippen LogP contribution >= 0.6 is 0 Å². The highest BCUT2D eigenvalue weighted by Crippen LogP contribution is 2.25. The zero-order valence-corrected chi connectivity index (χ0v) is 16.3. The quantitative estimate of drug-likeness (QED) is 0.699. The van der Waals surface area contributed by atoms with Gasteiger partial charge in [0.15, 0.2) is 0 Å². The Morgan fingerprint density at radius 3 is 2.14 bits per heavy atom. The highest BCUT2D eigenvalue weighted by Gasteiger charge is 2.43. The van der Waals surface area contributed by atoms with E-state index in [9.17, 15) is 28.1 Å². The summed E-state index contributed by atoms with van der Waals surface area (Å²) in [7, 11) is -1.30. The minimum Gasteiger partial charge on any atom is -0.423 e. The number of hydrogen-bond donors (Lipinski definition) is 2. The number of pyridine rings is 1. The molecule has 1 saturated heterocycles. The molecule has 1 fully saturated rings. The molecule has 0 spiro atoms. The summed E-state index contributed by atoms with van der Waals surface area (Å²) in [6.45, 7) is 6.80. The molecule has 0 bridgehead atoms. The zero-order valence-electron chi connectivity index (χ0n) is 16.3. The molecule has 0 radical (unpaired) electrons. The molecule has 28 heavy (non-hydrogen) atoms. The second kappa shape index (κ2) is 7.88. The lowest BCUT2D eigenvalue weighted by Crippen LogP contribution is -2.53. The van der Waals surface area contributed by atoms with Gasteiger partial charge in [0.2, 0.25) is 0 Å². The van der Waals surface area contributed by atoms with Crippen molar-refractivity contribution in [2.45, 2.75) is 45.1 Å². The number of aromatic nitrogens is 1. The number of aliphatic hydroxyl groups is 1. The number of carbonyl (C=O) groups is 1. The number of nitrogens with zero attached hydrogens (tertiary/aromatic N) is 3. The highest BCUT2D eigenvalue weighted by atomic mass is 19.4. The van der Waals surface area contributed by atoms with Gasteiger partial charge in [-0.15, -0.1) is 0 Å². The standard InChI is InChI=1S/C17H25BF3N3O4/c1-15(2,26)16(3,4)28-18(27)12-5-6-13(22-11-12)23-7-9-24(10-8-23)14(25)17(19,20)21/h5-6,11,26-27H,7-10H2,1-4H3. The first kappa shape index (κ1) is 22.4. The van der Waals surface area contributed by atoms with E-state index < -0.39 is 30.4 Å². The number of halogens is 3. The summed E-state index contributed by atoms with van der Waals surface area (Å²) in [4.78, 5) is 18.0. The van der Waals surface area contributed by atoms with Crippen LogP contribution in [0.15, 0.2) is 18.3 Å². The van der Waals surface area contributed by atoms with E-state index in [1.807, 2.05) is 0 Å². The summed E-state index contributed by atoms with van der Waals surface area (Å²) in [5.74, 6) is -1.30. The molecule has 0 saturated carbocycles. The van der Waals surface area contributed by atoms with Crippen LogP contribution in [-0.4, -0.2) is 76.6 Å². The summed E-state index contributed by atoms with van der Waals surface area (Å²) in [5.41, 5.74) is -1.83. The van der Waals surface area contributed by atoms with Gasteiger partial charge in [-0.1, -0.05) is 6.07 Å². The number of amides is 1. The second-order valence-corrected chi connectivity index (χ2v) is 7.77. The van der Waals surface area contributed by atoms with E-state index in [-0.39, 0.29) is 26.2 Å². The van der Waals surface area contributed by atoms with Gasteiger partial charge in [0.05, 0.1) is 11.2 Å². The molecule has 7 nitrogen and oxygen atoms in total. The summed E-state index contributed by atoms with van der Waals surface area (Å²) in [5, 5.41) is 20.4. The Balaban J connectivity index is 1.97. The smallest absolute Gasteiger partial charge is 0.423 e. The Hall–Kier alpha value is -1.85. The third-order valence-corrected chi connectivity index (χ3v) is 5.07. The van der Waals surface area contributed by atoms with Crippen molar-refractivity contribution in [1.29, 1.82) is 0 Å². The van der Waals surface area contributed by atoms with Crippen molar-refractivity contribution in [3.63, 3.8) is 0 Å². The molecule has 156 valence electrons. The maximum absolute atomic E-state index is 12.5. The van der Waals surface area contributed by atoms with Gasteiger partial charge in [-0.3, -0.25) is 4.79 Å². The number of anilines is 1. The van der Waals surface area contributed by atoms with Crippen LogP contribution in [0, 0.1) is 0 Å². The van der Waals surface area contributed by atoms with Crippen LogP contribution in [0.5, 0.6) is 0 Å². The lowest BCUT2D eigenvalue weighted by atomic mass is 9.77. The van der Waals surface area contributed by atoms with Crippen LogP contribution in [0.2, 0.25) is 0 Å². The number of rotatable bonds is 5. The van der Waals surface area contributed by atoms with Crippen LogP contribution in [0.4, 0.5) is 19.0 Å². The fourth-order valence-electron chi connectivity index (χ4n) is 2.54. The van der Waals surface area contributed by atoms with Crippen molar-refractivity contribution >= 4 is 24.3 Å². The van der Waals surface area contributed by atoms with E-state index in [4.69, 9.17) is 4.65 Å². The first-order valence-electron chi connectivity index (χ1n) is 8.87. The van der Waals surface area contributed by atoms with Gasteiger partial charge in [0.25, 0.3) is 0 Å². The fourth-order valence-corrected chi connectivity index (χ4v) is 2.54. The van der Waals surface area contributed by atoms with Crippen molar-refractivity contribution < 1.29 is 32.8 Å². The van der Waals surface area contributed by atoms with E-state index in [0.717, 1.165) is 4.90 Å². The van der Waals surface area contributed by atoms with Gasteiger partial charge in [-0.2, -0.15) is 13.2 Å². The van der Waals surface area contributed by atoms with Crippen molar-refractivity contribution in [1.82, 2.24) is 9.88 Å². The second-order valence-electron chi connectivity index (χ2n) is 7.77. The topological polar surface area (TPSA) is 86.1 Å². The van der Waals surface area contributed by atoms with Gasteiger partial charge in [0.1, 0.15) is 5.82 Å². The third-order valence-electron chi connectivity index (χ3n) is 5.07. The van der Waals surface area contributed by atoms with Gasteiger partial charge in [-0.05, 0) is 33.8 Å². The average Bonchev–Trinajstić information content (AvgIpc) is 2.59. The molecule has 0 aliphatic carbocycles. The Labute approximate surface area is 162 Å². The molecule has 1 aliphatic rings. The Bertz CT molecular complexity index is 684. The molecule has 2 rings (SSSR count). The SMILES string of the molecule is CC(C)(O)C(C)(C)OB(O)c1ccc(N2CCN(C(=O)C(F)(F)F)CC2)nc1. The molecule has 2 N–H and O–H groups in total. The highest BCUT2D eigenvalue weighted by molar-refractivity contribution is 6.60. The molecule has 11 heteroatoms. The monoisotopic (exact) mass is 403 g/mol. The van der Waals surface area contributed by atoms with Crippen LogP contribution < -0.4 is 10.4 Å². The summed E-state index contributed by atoms with van der Waals surface area (Å²) in [6.07, 6.45) is -3.46. The summed E-state index contributed by atoms with van der Waals surface area (Å²) in [6, 6.07) is 3.22. The molecule has 0 atom stereocenters. The number of alkyl halides is 3. The van der Waals surface area contributed by atoms with Gasteiger partial charge >= 0.3 is 19.2 Å². The Kier molecular flexibility index (Phi) is 6.32. The predicted octanol–water partition coefficient (Wildman–Crippen LogP) is 0.546. The molecule has 1 amide bonds. The molecule has 2 heterocycles. The van der Waals surface area contributed by atoms with E-state index in [0.29, 0.717) is 11.3 Å². The Morgan fingerprint density at radius 1 is 1.14 bits per heavy atom. The minimum atomic E-state index is -4.87. The van der Waals surface area contributed by atoms with E-state index in [1.54, 1.807) is 44.7 Å². The third kappa shape index (κ3) is 5.15. The largest absolute Gasteiger partial charge is 0.493 e. The average molecular weight is 403 g/mol. The van der Waals surface area contributed by atoms with Crippen molar-refractivity contribution in [3.8, 4) is 0 Å². The van der Waals surface area contributed by atoms with E-state index >= 15 is 0 Å². The summed E-state index contributed by atoms with van der Waals surface area (Å²) >= 11 is 0. The van der Waals surface area contributed by atoms with Crippen LogP contribution in [0.25, 0.3) is 0 Å². The molecular formula is C17H25BF3N3O4. The van der Waals surface area contributed by atoms with Gasteiger partial charge in [-0.25, -0.2) is 4.98 Å². The van der Waals surface area contributed by atoms with Crippen LogP contribution in [0.3, 0.4) is 0 Å². The number of hydrogen-bond acceptors (Lipinski definition) is 6. The van der Waals surface area contributed by atoms with Gasteiger partial charge in [0, 0.05) is 37.8 Å².